The Kier molecular flexibility index (Phi) is 3.30. The van der Waals surface area contributed by atoms with Gasteiger partial charge in [0.1, 0.15) is 0 Å². The van der Waals surface area contributed by atoms with Gasteiger partial charge in [0.2, 0.25) is 0 Å². The lowest BCUT2D eigenvalue weighted by atomic mass is 9.98. The minimum Gasteiger partial charge on any atom is -0.371 e. The molecule has 0 aliphatic heterocycles. The van der Waals surface area contributed by atoms with Crippen molar-refractivity contribution in [2.45, 2.75) is 40.2 Å². The zero-order chi connectivity index (χ0) is 9.12. The molecule has 0 aromatic carbocycles. The van der Waals surface area contributed by atoms with Crippen molar-refractivity contribution in [3.63, 3.8) is 0 Å². The molecule has 0 aliphatic carbocycles. The van der Waals surface area contributed by atoms with Gasteiger partial charge in [0.15, 0.2) is 0 Å². The first-order chi connectivity index (χ1) is 4.77. The number of hydrogen-bond acceptors (Lipinski definition) is 1. The Bertz CT molecular complexity index is 128. The van der Waals surface area contributed by atoms with Crippen molar-refractivity contribution >= 4 is 0 Å². The fourth-order valence-corrected chi connectivity index (χ4v) is 0.461. The van der Waals surface area contributed by atoms with Crippen molar-refractivity contribution in [3.8, 4) is 0 Å². The summed E-state index contributed by atoms with van der Waals surface area (Å²) in [4.78, 5) is 0. The molecule has 0 spiro atoms. The van der Waals surface area contributed by atoms with Gasteiger partial charge in [0.25, 0.3) is 0 Å². The Morgan fingerprint density at radius 2 is 1.64 bits per heavy atom. The Morgan fingerprint density at radius 1 is 1.18 bits per heavy atom. The lowest BCUT2D eigenvalue weighted by Crippen LogP contribution is -2.27. The summed E-state index contributed by atoms with van der Waals surface area (Å²) in [6.07, 6.45) is 1.83. The van der Waals surface area contributed by atoms with E-state index in [2.05, 4.69) is 27.4 Å². The van der Waals surface area contributed by atoms with E-state index in [1.165, 1.54) is 0 Å². The van der Waals surface area contributed by atoms with Gasteiger partial charge in [-0.15, -0.1) is 6.58 Å². The highest BCUT2D eigenvalue weighted by molar-refractivity contribution is 4.89. The molecule has 0 atom stereocenters. The van der Waals surface area contributed by atoms with E-state index >= 15 is 0 Å². The van der Waals surface area contributed by atoms with Crippen molar-refractivity contribution in [1.29, 1.82) is 0 Å². The minimum absolute atomic E-state index is 0.187. The zero-order valence-electron chi connectivity index (χ0n) is 8.40. The van der Waals surface area contributed by atoms with Gasteiger partial charge in [-0.25, -0.2) is 0 Å². The second-order valence-electron chi connectivity index (χ2n) is 4.66. The van der Waals surface area contributed by atoms with Crippen LogP contribution >= 0.6 is 0 Å². The van der Waals surface area contributed by atoms with Gasteiger partial charge < -0.3 is 4.74 Å². The quantitative estimate of drug-likeness (QED) is 0.571. The van der Waals surface area contributed by atoms with Crippen LogP contribution in [0.25, 0.3) is 0 Å². The lowest BCUT2D eigenvalue weighted by molar-refractivity contribution is -0.0194. The molecule has 0 aromatic rings. The van der Waals surface area contributed by atoms with Crippen LogP contribution in [0.1, 0.15) is 34.6 Å². The van der Waals surface area contributed by atoms with Crippen molar-refractivity contribution in [3.05, 3.63) is 12.7 Å². The molecule has 1 nitrogen and oxygen atoms in total. The molecule has 0 bridgehead atoms. The first kappa shape index (κ1) is 10.7. The Hall–Kier alpha value is -0.300. The van der Waals surface area contributed by atoms with E-state index in [0.29, 0.717) is 0 Å². The highest BCUT2D eigenvalue weighted by Crippen LogP contribution is 2.18. The summed E-state index contributed by atoms with van der Waals surface area (Å²) in [5.41, 5.74) is 0.0492. The summed E-state index contributed by atoms with van der Waals surface area (Å²) in [6, 6.07) is 0. The first-order valence-corrected chi connectivity index (χ1v) is 4.04. The summed E-state index contributed by atoms with van der Waals surface area (Å²) < 4.78 is 5.62. The molecular formula is C10H20O. The molecule has 0 aromatic heterocycles. The summed E-state index contributed by atoms with van der Waals surface area (Å²) in [5, 5.41) is 0. The van der Waals surface area contributed by atoms with Gasteiger partial charge in [-0.3, -0.25) is 0 Å². The third-order valence-electron chi connectivity index (χ3n) is 1.37. The predicted octanol–water partition coefficient (Wildman–Crippen LogP) is 3.01. The molecule has 0 unspecified atom stereocenters. The summed E-state index contributed by atoms with van der Waals surface area (Å²) in [6.45, 7) is 15.0. The molecule has 0 aliphatic rings. The maximum Gasteiger partial charge on any atom is 0.0804 e. The Labute approximate surface area is 70.4 Å². The highest BCUT2D eigenvalue weighted by Gasteiger charge is 2.18. The maximum atomic E-state index is 5.62. The van der Waals surface area contributed by atoms with E-state index in [1.807, 2.05) is 19.9 Å². The molecule has 0 rings (SSSR count). The maximum absolute atomic E-state index is 5.62. The van der Waals surface area contributed by atoms with E-state index in [9.17, 15) is 0 Å². The van der Waals surface area contributed by atoms with Crippen molar-refractivity contribution in [2.75, 3.05) is 6.61 Å². The molecule has 0 N–H and O–H groups in total. The smallest absolute Gasteiger partial charge is 0.0804 e. The van der Waals surface area contributed by atoms with Crippen LogP contribution in [0.4, 0.5) is 0 Å². The monoisotopic (exact) mass is 156 g/mol. The fourth-order valence-electron chi connectivity index (χ4n) is 0.461. The van der Waals surface area contributed by atoms with Crippen LogP contribution in [0.3, 0.4) is 0 Å². The SMILES string of the molecule is C=CC(C)(C)OCC(C)(C)C. The lowest BCUT2D eigenvalue weighted by Gasteiger charge is -2.26. The second kappa shape index (κ2) is 3.40. The van der Waals surface area contributed by atoms with Gasteiger partial charge in [-0.1, -0.05) is 26.8 Å². The predicted molar refractivity (Wildman–Crippen MR) is 49.7 cm³/mol. The van der Waals surface area contributed by atoms with E-state index < -0.39 is 0 Å². The molecule has 0 amide bonds. The zero-order valence-corrected chi connectivity index (χ0v) is 8.40. The summed E-state index contributed by atoms with van der Waals surface area (Å²) in [7, 11) is 0. The standard InChI is InChI=1S/C10H20O/c1-7-10(5,6)11-8-9(2,3)4/h7H,1,8H2,2-6H3. The van der Waals surface area contributed by atoms with E-state index in [4.69, 9.17) is 4.74 Å². The molecule has 0 heterocycles. The molecule has 0 radical (unpaired) electrons. The van der Waals surface area contributed by atoms with Crippen LogP contribution < -0.4 is 0 Å². The third-order valence-corrected chi connectivity index (χ3v) is 1.37. The van der Waals surface area contributed by atoms with E-state index in [0.717, 1.165) is 6.61 Å². The summed E-state index contributed by atoms with van der Waals surface area (Å²) in [5.74, 6) is 0. The molecule has 0 saturated heterocycles. The molecule has 0 saturated carbocycles. The van der Waals surface area contributed by atoms with Crippen molar-refractivity contribution in [2.24, 2.45) is 5.41 Å². The number of hydrogen-bond donors (Lipinski definition) is 0. The van der Waals surface area contributed by atoms with Gasteiger partial charge in [-0.05, 0) is 19.3 Å². The number of ether oxygens (including phenoxy) is 1. The average Bonchev–Trinajstić information content (AvgIpc) is 1.83. The largest absolute Gasteiger partial charge is 0.371 e. The topological polar surface area (TPSA) is 9.23 Å². The van der Waals surface area contributed by atoms with Crippen molar-refractivity contribution in [1.82, 2.24) is 0 Å². The van der Waals surface area contributed by atoms with Gasteiger partial charge in [0, 0.05) is 0 Å². The normalized spacial score (nSPS) is 13.2. The van der Waals surface area contributed by atoms with E-state index in [-0.39, 0.29) is 11.0 Å². The molecule has 0 fully saturated rings. The van der Waals surface area contributed by atoms with Crippen LogP contribution in [0.5, 0.6) is 0 Å². The molecule has 66 valence electrons. The molecule has 1 heteroatoms. The minimum atomic E-state index is -0.187. The summed E-state index contributed by atoms with van der Waals surface area (Å²) >= 11 is 0. The van der Waals surface area contributed by atoms with Crippen LogP contribution in [0.15, 0.2) is 12.7 Å². The van der Waals surface area contributed by atoms with Crippen LogP contribution in [-0.4, -0.2) is 12.2 Å². The Balaban J connectivity index is 3.79. The van der Waals surface area contributed by atoms with Gasteiger partial charge in [-0.2, -0.15) is 0 Å². The van der Waals surface area contributed by atoms with Crippen molar-refractivity contribution < 1.29 is 4.74 Å². The Morgan fingerprint density at radius 3 is 1.91 bits per heavy atom. The first-order valence-electron chi connectivity index (χ1n) is 4.04. The van der Waals surface area contributed by atoms with Crippen LogP contribution in [-0.2, 0) is 4.74 Å². The third kappa shape index (κ3) is 6.11. The second-order valence-corrected chi connectivity index (χ2v) is 4.66. The fraction of sp³-hybridized carbons (Fsp3) is 0.800. The van der Waals surface area contributed by atoms with E-state index in [1.54, 1.807) is 0 Å². The molecule has 11 heavy (non-hydrogen) atoms. The van der Waals surface area contributed by atoms with Crippen LogP contribution in [0, 0.1) is 5.41 Å². The average molecular weight is 156 g/mol. The van der Waals surface area contributed by atoms with Gasteiger partial charge >= 0.3 is 0 Å². The number of rotatable bonds is 3. The van der Waals surface area contributed by atoms with Crippen LogP contribution in [0.2, 0.25) is 0 Å². The highest BCUT2D eigenvalue weighted by atomic mass is 16.5. The molecular weight excluding hydrogens is 136 g/mol. The van der Waals surface area contributed by atoms with Gasteiger partial charge in [0.05, 0.1) is 12.2 Å².